The molecule has 11 heteroatoms. The van der Waals surface area contributed by atoms with Crippen LogP contribution in [0.15, 0.2) is 51.9 Å². The van der Waals surface area contributed by atoms with Gasteiger partial charge in [-0.2, -0.15) is 0 Å². The molecule has 1 N–H and O–H groups in total. The zero-order valence-electron chi connectivity index (χ0n) is 15.4. The largest absolute Gasteiger partial charge is 0.325 e. The zero-order chi connectivity index (χ0) is 21.5. The molecule has 0 bridgehead atoms. The van der Waals surface area contributed by atoms with Crippen LogP contribution in [0.2, 0.25) is 10.0 Å². The number of anilines is 2. The molecule has 0 aromatic heterocycles. The lowest BCUT2D eigenvalue weighted by Gasteiger charge is -2.26. The Morgan fingerprint density at radius 2 is 1.83 bits per heavy atom. The third-order valence-corrected chi connectivity index (χ3v) is 8.32. The van der Waals surface area contributed by atoms with Gasteiger partial charge in [0, 0.05) is 25.9 Å². The smallest absolute Gasteiger partial charge is 0.234 e. The van der Waals surface area contributed by atoms with Gasteiger partial charge in [0.05, 0.1) is 29.3 Å². The third-order valence-electron chi connectivity index (χ3n) is 4.69. The summed E-state index contributed by atoms with van der Waals surface area (Å²) in [6, 6.07) is 11.6. The van der Waals surface area contributed by atoms with Crippen LogP contribution in [0.3, 0.4) is 0 Å². The minimum Gasteiger partial charge on any atom is -0.325 e. The number of aliphatic imine (C=N–C) groups is 1. The van der Waals surface area contributed by atoms with Gasteiger partial charge in [0.25, 0.3) is 0 Å². The van der Waals surface area contributed by atoms with E-state index >= 15 is 0 Å². The van der Waals surface area contributed by atoms with E-state index in [2.05, 4.69) is 26.2 Å². The molecule has 2 aromatic carbocycles. The van der Waals surface area contributed by atoms with Crippen LogP contribution < -0.4 is 10.2 Å². The van der Waals surface area contributed by atoms with Crippen molar-refractivity contribution in [2.75, 3.05) is 27.5 Å². The van der Waals surface area contributed by atoms with Crippen molar-refractivity contribution in [1.29, 1.82) is 0 Å². The lowest BCUT2D eigenvalue weighted by Crippen LogP contribution is -2.39. The van der Waals surface area contributed by atoms with Gasteiger partial charge >= 0.3 is 0 Å². The fraction of sp³-hybridized carbons (Fsp3) is 0.263. The molecule has 0 radical (unpaired) electrons. The highest BCUT2D eigenvalue weighted by Gasteiger charge is 2.47. The Morgan fingerprint density at radius 3 is 2.50 bits per heavy atom. The molecule has 1 fully saturated rings. The number of amides is 1. The minimum atomic E-state index is -3.17. The predicted octanol–water partition coefficient (Wildman–Crippen LogP) is 4.47. The topological polar surface area (TPSA) is 78.8 Å². The summed E-state index contributed by atoms with van der Waals surface area (Å²) in [7, 11) is -3.17. The SMILES string of the molecule is O=C(CSC1=N[C@H]2CS(=O)(=O)C[C@H]2N1c1cc(Cl)cc(Cl)c1)Nc1ccc(Br)cc1. The molecular formula is C19H16BrCl2N3O3S2. The van der Waals surface area contributed by atoms with E-state index in [-0.39, 0.29) is 35.2 Å². The number of fused-ring (bicyclic) bond motifs is 1. The molecule has 1 saturated heterocycles. The van der Waals surface area contributed by atoms with Crippen LogP contribution in [-0.4, -0.2) is 48.8 Å². The molecule has 2 aliphatic heterocycles. The van der Waals surface area contributed by atoms with Crippen molar-refractivity contribution in [3.63, 3.8) is 0 Å². The quantitative estimate of drug-likeness (QED) is 0.610. The van der Waals surface area contributed by atoms with Gasteiger partial charge in [0.15, 0.2) is 15.0 Å². The first kappa shape index (κ1) is 22.0. The number of amidine groups is 1. The Labute approximate surface area is 197 Å². The number of benzene rings is 2. The van der Waals surface area contributed by atoms with Crippen LogP contribution in [0.1, 0.15) is 0 Å². The van der Waals surface area contributed by atoms with Gasteiger partial charge in [-0.25, -0.2) is 8.42 Å². The molecule has 0 unspecified atom stereocenters. The number of thioether (sulfide) groups is 1. The molecule has 0 saturated carbocycles. The summed E-state index contributed by atoms with van der Waals surface area (Å²) in [6.45, 7) is 0. The molecule has 2 heterocycles. The van der Waals surface area contributed by atoms with E-state index in [1.807, 2.05) is 17.0 Å². The summed E-state index contributed by atoms with van der Waals surface area (Å²) in [6.07, 6.45) is 0. The van der Waals surface area contributed by atoms with E-state index in [1.54, 1.807) is 30.3 Å². The number of hydrogen-bond acceptors (Lipinski definition) is 6. The highest BCUT2D eigenvalue weighted by molar-refractivity contribution is 9.10. The Hall–Kier alpha value is -1.26. The summed E-state index contributed by atoms with van der Waals surface area (Å²) in [5.41, 5.74) is 1.36. The number of nitrogens with zero attached hydrogens (tertiary/aromatic N) is 2. The van der Waals surface area contributed by atoms with Crippen LogP contribution in [0.5, 0.6) is 0 Å². The number of hydrogen-bond donors (Lipinski definition) is 1. The summed E-state index contributed by atoms with van der Waals surface area (Å²) < 4.78 is 25.2. The standard InChI is InChI=1S/C19H16BrCl2N3O3S2/c20-11-1-3-14(4-2-11)23-18(26)8-29-19-24-16-9-30(27,28)10-17(16)25(19)15-6-12(21)5-13(22)7-15/h1-7,16-17H,8-10H2,(H,23,26)/t16-,17+/m0/s1. The summed E-state index contributed by atoms with van der Waals surface area (Å²) >= 11 is 16.9. The number of carbonyl (C=O) groups excluding carboxylic acids is 1. The normalized spacial score (nSPS) is 22.0. The third kappa shape index (κ3) is 4.96. The van der Waals surface area contributed by atoms with Gasteiger partial charge < -0.3 is 10.2 Å². The zero-order valence-corrected chi connectivity index (χ0v) is 20.1. The predicted molar refractivity (Wildman–Crippen MR) is 128 cm³/mol. The lowest BCUT2D eigenvalue weighted by atomic mass is 10.1. The van der Waals surface area contributed by atoms with Gasteiger partial charge in [-0.05, 0) is 42.5 Å². The number of carbonyl (C=O) groups is 1. The molecule has 0 spiro atoms. The molecule has 1 amide bonds. The average Bonchev–Trinajstić information content (AvgIpc) is 3.12. The second kappa shape index (κ2) is 8.70. The Morgan fingerprint density at radius 1 is 1.17 bits per heavy atom. The number of rotatable bonds is 4. The van der Waals surface area contributed by atoms with E-state index in [1.165, 1.54) is 11.8 Å². The van der Waals surface area contributed by atoms with Crippen molar-refractivity contribution >= 4 is 83.2 Å². The number of sulfone groups is 1. The van der Waals surface area contributed by atoms with E-state index in [0.717, 1.165) is 4.47 Å². The van der Waals surface area contributed by atoms with Crippen molar-refractivity contribution in [2.24, 2.45) is 4.99 Å². The minimum absolute atomic E-state index is 0.000445. The first-order chi connectivity index (χ1) is 14.2. The molecular weight excluding hydrogens is 533 g/mol. The summed E-state index contributed by atoms with van der Waals surface area (Å²) in [5, 5.41) is 4.31. The van der Waals surface area contributed by atoms with Crippen molar-refractivity contribution in [1.82, 2.24) is 0 Å². The number of nitrogens with one attached hydrogen (secondary N) is 1. The van der Waals surface area contributed by atoms with Crippen molar-refractivity contribution in [3.8, 4) is 0 Å². The fourth-order valence-electron chi connectivity index (χ4n) is 3.47. The molecule has 4 rings (SSSR count). The van der Waals surface area contributed by atoms with Crippen LogP contribution >= 0.6 is 50.9 Å². The number of halogens is 3. The van der Waals surface area contributed by atoms with E-state index < -0.39 is 9.84 Å². The Bertz CT molecular complexity index is 1110. The second-order valence-electron chi connectivity index (χ2n) is 6.96. The van der Waals surface area contributed by atoms with Crippen LogP contribution in [0, 0.1) is 0 Å². The first-order valence-corrected chi connectivity index (χ1v) is 13.3. The molecule has 2 atom stereocenters. The Balaban J connectivity index is 1.52. The molecule has 2 aromatic rings. The lowest BCUT2D eigenvalue weighted by molar-refractivity contribution is -0.113. The van der Waals surface area contributed by atoms with Crippen LogP contribution in [-0.2, 0) is 14.6 Å². The Kier molecular flexibility index (Phi) is 6.37. The van der Waals surface area contributed by atoms with Gasteiger partial charge in [-0.1, -0.05) is 50.9 Å². The molecule has 2 aliphatic rings. The second-order valence-corrected chi connectivity index (χ2v) is 11.8. The molecule has 0 aliphatic carbocycles. The van der Waals surface area contributed by atoms with Crippen LogP contribution in [0.25, 0.3) is 0 Å². The maximum absolute atomic E-state index is 12.4. The maximum atomic E-state index is 12.4. The highest BCUT2D eigenvalue weighted by atomic mass is 79.9. The van der Waals surface area contributed by atoms with Gasteiger partial charge in [-0.3, -0.25) is 9.79 Å². The first-order valence-electron chi connectivity index (χ1n) is 8.92. The van der Waals surface area contributed by atoms with Crippen molar-refractivity contribution < 1.29 is 13.2 Å². The van der Waals surface area contributed by atoms with Gasteiger partial charge in [0.1, 0.15) is 0 Å². The van der Waals surface area contributed by atoms with E-state index in [9.17, 15) is 13.2 Å². The molecule has 30 heavy (non-hydrogen) atoms. The summed E-state index contributed by atoms with van der Waals surface area (Å²) in [4.78, 5) is 18.8. The average molecular weight is 549 g/mol. The fourth-order valence-corrected chi connectivity index (χ4v) is 7.02. The molecule has 158 valence electrons. The van der Waals surface area contributed by atoms with Crippen molar-refractivity contribution in [3.05, 3.63) is 57.0 Å². The van der Waals surface area contributed by atoms with E-state index in [4.69, 9.17) is 23.2 Å². The van der Waals surface area contributed by atoms with Gasteiger partial charge in [-0.15, -0.1) is 0 Å². The maximum Gasteiger partial charge on any atom is 0.234 e. The molecule has 6 nitrogen and oxygen atoms in total. The van der Waals surface area contributed by atoms with Crippen molar-refractivity contribution in [2.45, 2.75) is 12.1 Å². The van der Waals surface area contributed by atoms with Gasteiger partial charge in [0.2, 0.25) is 5.91 Å². The van der Waals surface area contributed by atoms with Crippen LogP contribution in [0.4, 0.5) is 11.4 Å². The monoisotopic (exact) mass is 547 g/mol. The summed E-state index contributed by atoms with van der Waals surface area (Å²) in [5.74, 6) is -0.0528. The van der Waals surface area contributed by atoms with E-state index in [0.29, 0.717) is 26.6 Å². The highest BCUT2D eigenvalue weighted by Crippen LogP contribution is 2.37.